The van der Waals surface area contributed by atoms with Crippen LogP contribution in [-0.4, -0.2) is 54.2 Å². The van der Waals surface area contributed by atoms with Crippen molar-refractivity contribution in [1.82, 2.24) is 9.80 Å². The highest BCUT2D eigenvalue weighted by Gasteiger charge is 2.28. The van der Waals surface area contributed by atoms with Gasteiger partial charge in [0.25, 0.3) is 0 Å². The molecule has 0 saturated carbocycles. The Morgan fingerprint density at radius 2 is 1.97 bits per heavy atom. The molecule has 1 atom stereocenters. The van der Waals surface area contributed by atoms with Gasteiger partial charge >= 0.3 is 12.1 Å². The van der Waals surface area contributed by atoms with Crippen molar-refractivity contribution in [2.24, 2.45) is 5.92 Å². The molecule has 0 aromatic heterocycles. The summed E-state index contributed by atoms with van der Waals surface area (Å²) in [4.78, 5) is 28.7. The molecule has 3 rings (SSSR count). The maximum Gasteiger partial charge on any atom is 0.410 e. The van der Waals surface area contributed by atoms with E-state index < -0.39 is 5.60 Å². The van der Waals surface area contributed by atoms with Crippen LogP contribution in [-0.2, 0) is 17.6 Å². The molecule has 1 aromatic carbocycles. The maximum atomic E-state index is 12.9. The van der Waals surface area contributed by atoms with Gasteiger partial charge in [0.2, 0.25) is 0 Å². The molecule has 6 heteroatoms. The minimum atomic E-state index is -0.501. The lowest BCUT2D eigenvalue weighted by Gasteiger charge is -2.35. The SMILES string of the molecule is CN(CC1CCCN(C(=O)Nc2cccc3c2CCCC3)C1)C(=O)OC(C)(C)C. The summed E-state index contributed by atoms with van der Waals surface area (Å²) in [5, 5.41) is 3.15. The van der Waals surface area contributed by atoms with Crippen LogP contribution in [0.5, 0.6) is 0 Å². The number of piperidine rings is 1. The Labute approximate surface area is 174 Å². The molecule has 1 aliphatic heterocycles. The van der Waals surface area contributed by atoms with E-state index in [0.29, 0.717) is 13.1 Å². The van der Waals surface area contributed by atoms with Crippen molar-refractivity contribution in [3.63, 3.8) is 0 Å². The van der Waals surface area contributed by atoms with Crippen LogP contribution < -0.4 is 5.32 Å². The Morgan fingerprint density at radius 3 is 2.72 bits per heavy atom. The van der Waals surface area contributed by atoms with Crippen LogP contribution in [0.25, 0.3) is 0 Å². The second kappa shape index (κ2) is 9.06. The van der Waals surface area contributed by atoms with Gasteiger partial charge in [-0.3, -0.25) is 0 Å². The minimum absolute atomic E-state index is 0.0337. The molecular weight excluding hydrogens is 366 g/mol. The Hall–Kier alpha value is -2.24. The van der Waals surface area contributed by atoms with E-state index in [1.54, 1.807) is 11.9 Å². The monoisotopic (exact) mass is 401 g/mol. The summed E-state index contributed by atoms with van der Waals surface area (Å²) in [7, 11) is 1.77. The summed E-state index contributed by atoms with van der Waals surface area (Å²) in [6.45, 7) is 7.62. The first-order valence-corrected chi connectivity index (χ1v) is 10.8. The number of ether oxygens (including phenoxy) is 1. The lowest BCUT2D eigenvalue weighted by molar-refractivity contribution is 0.0253. The number of carbonyl (C=O) groups excluding carboxylic acids is 2. The molecule has 1 unspecified atom stereocenters. The number of hydrogen-bond donors (Lipinski definition) is 1. The van der Waals surface area contributed by atoms with Crippen molar-refractivity contribution in [2.45, 2.75) is 64.9 Å². The zero-order valence-corrected chi connectivity index (χ0v) is 18.3. The Morgan fingerprint density at radius 1 is 1.21 bits per heavy atom. The van der Waals surface area contributed by atoms with Crippen molar-refractivity contribution in [1.29, 1.82) is 0 Å². The van der Waals surface area contributed by atoms with Gasteiger partial charge in [0.1, 0.15) is 5.60 Å². The van der Waals surface area contributed by atoms with Crippen LogP contribution in [0.1, 0.15) is 57.6 Å². The third-order valence-electron chi connectivity index (χ3n) is 5.68. The first kappa shape index (κ1) is 21.5. The number of nitrogens with one attached hydrogen (secondary N) is 1. The van der Waals surface area contributed by atoms with Crippen LogP contribution in [0.15, 0.2) is 18.2 Å². The van der Waals surface area contributed by atoms with Gasteiger partial charge < -0.3 is 19.9 Å². The number of benzene rings is 1. The molecule has 3 amide bonds. The summed E-state index contributed by atoms with van der Waals surface area (Å²) < 4.78 is 5.44. The lowest BCUT2D eigenvalue weighted by atomic mass is 9.90. The smallest absolute Gasteiger partial charge is 0.410 e. The van der Waals surface area contributed by atoms with Gasteiger partial charge in [-0.1, -0.05) is 12.1 Å². The topological polar surface area (TPSA) is 61.9 Å². The van der Waals surface area contributed by atoms with E-state index in [-0.39, 0.29) is 18.0 Å². The van der Waals surface area contributed by atoms with E-state index in [2.05, 4.69) is 11.4 Å². The molecular formula is C23H35N3O3. The molecule has 0 radical (unpaired) electrons. The number of nitrogens with zero attached hydrogens (tertiary/aromatic N) is 2. The number of aryl methyl sites for hydroxylation is 1. The number of hydrogen-bond acceptors (Lipinski definition) is 3. The highest BCUT2D eigenvalue weighted by Crippen LogP contribution is 2.28. The van der Waals surface area contributed by atoms with Crippen LogP contribution in [0, 0.1) is 5.92 Å². The van der Waals surface area contributed by atoms with E-state index in [1.165, 1.54) is 24.0 Å². The van der Waals surface area contributed by atoms with Gasteiger partial charge in [0.05, 0.1) is 0 Å². The van der Waals surface area contributed by atoms with Crippen LogP contribution >= 0.6 is 0 Å². The summed E-state index contributed by atoms with van der Waals surface area (Å²) in [5.41, 5.74) is 3.12. The quantitative estimate of drug-likeness (QED) is 0.800. The van der Waals surface area contributed by atoms with Gasteiger partial charge in [-0.25, -0.2) is 9.59 Å². The van der Waals surface area contributed by atoms with Gasteiger partial charge in [0.15, 0.2) is 0 Å². The zero-order valence-electron chi connectivity index (χ0n) is 18.3. The number of carbonyl (C=O) groups is 2. The molecule has 2 aliphatic rings. The highest BCUT2D eigenvalue weighted by atomic mass is 16.6. The molecule has 1 N–H and O–H groups in total. The van der Waals surface area contributed by atoms with Crippen molar-refractivity contribution >= 4 is 17.8 Å². The van der Waals surface area contributed by atoms with Crippen molar-refractivity contribution < 1.29 is 14.3 Å². The third kappa shape index (κ3) is 5.87. The van der Waals surface area contributed by atoms with Crippen molar-refractivity contribution in [2.75, 3.05) is 32.0 Å². The maximum absolute atomic E-state index is 12.9. The number of likely N-dealkylation sites (tertiary alicyclic amines) is 1. The second-order valence-corrected chi connectivity index (χ2v) is 9.40. The number of urea groups is 1. The summed E-state index contributed by atoms with van der Waals surface area (Å²) in [5.74, 6) is 0.261. The summed E-state index contributed by atoms with van der Waals surface area (Å²) in [6.07, 6.45) is 6.20. The van der Waals surface area contributed by atoms with Crippen LogP contribution in [0.2, 0.25) is 0 Å². The predicted molar refractivity (Wildman–Crippen MR) is 115 cm³/mol. The lowest BCUT2D eigenvalue weighted by Crippen LogP contribution is -2.46. The fraction of sp³-hybridized carbons (Fsp3) is 0.652. The highest BCUT2D eigenvalue weighted by molar-refractivity contribution is 5.90. The molecule has 1 heterocycles. The Bertz CT molecular complexity index is 741. The van der Waals surface area contributed by atoms with Crippen LogP contribution in [0.3, 0.4) is 0 Å². The van der Waals surface area contributed by atoms with Crippen LogP contribution in [0.4, 0.5) is 15.3 Å². The number of rotatable bonds is 3. The normalized spacial score (nSPS) is 19.3. The van der Waals surface area contributed by atoms with Gasteiger partial charge in [0, 0.05) is 32.4 Å². The molecule has 0 bridgehead atoms. The number of fused-ring (bicyclic) bond motifs is 1. The first-order chi connectivity index (χ1) is 13.7. The molecule has 6 nitrogen and oxygen atoms in total. The largest absolute Gasteiger partial charge is 0.444 e. The number of amides is 3. The van der Waals surface area contributed by atoms with Gasteiger partial charge in [-0.15, -0.1) is 0 Å². The van der Waals surface area contributed by atoms with Gasteiger partial charge in [-0.05, 0) is 82.4 Å². The van der Waals surface area contributed by atoms with E-state index in [4.69, 9.17) is 4.74 Å². The first-order valence-electron chi connectivity index (χ1n) is 10.8. The molecule has 1 saturated heterocycles. The fourth-order valence-electron chi connectivity index (χ4n) is 4.29. The van der Waals surface area contributed by atoms with E-state index in [0.717, 1.165) is 37.9 Å². The number of anilines is 1. The molecule has 29 heavy (non-hydrogen) atoms. The van der Waals surface area contributed by atoms with E-state index >= 15 is 0 Å². The fourth-order valence-corrected chi connectivity index (χ4v) is 4.29. The zero-order chi connectivity index (χ0) is 21.0. The van der Waals surface area contributed by atoms with E-state index in [9.17, 15) is 9.59 Å². The van der Waals surface area contributed by atoms with E-state index in [1.807, 2.05) is 37.8 Å². The molecule has 1 aliphatic carbocycles. The standard InChI is InChI=1S/C23H35N3O3/c1-23(2,3)29-22(28)25(4)15-17-9-8-14-26(16-17)21(27)24-20-13-7-11-18-10-5-6-12-19(18)20/h7,11,13,17H,5-6,8-10,12,14-16H2,1-4H3,(H,24,27). The minimum Gasteiger partial charge on any atom is -0.444 e. The van der Waals surface area contributed by atoms with Crippen molar-refractivity contribution in [3.8, 4) is 0 Å². The average Bonchev–Trinajstić information content (AvgIpc) is 2.67. The second-order valence-electron chi connectivity index (χ2n) is 9.40. The van der Waals surface area contributed by atoms with Gasteiger partial charge in [-0.2, -0.15) is 0 Å². The third-order valence-corrected chi connectivity index (χ3v) is 5.68. The van der Waals surface area contributed by atoms with Crippen molar-refractivity contribution in [3.05, 3.63) is 29.3 Å². The Balaban J connectivity index is 1.57. The Kier molecular flexibility index (Phi) is 6.70. The molecule has 1 aromatic rings. The predicted octanol–water partition coefficient (Wildman–Crippen LogP) is 4.68. The summed E-state index contributed by atoms with van der Waals surface area (Å²) in [6, 6.07) is 6.19. The average molecular weight is 402 g/mol. The molecule has 0 spiro atoms. The molecule has 160 valence electrons. The summed E-state index contributed by atoms with van der Waals surface area (Å²) >= 11 is 0. The molecule has 1 fully saturated rings.